The van der Waals surface area contributed by atoms with Gasteiger partial charge in [0.05, 0.1) is 26.2 Å². The van der Waals surface area contributed by atoms with Gasteiger partial charge in [-0.15, -0.1) is 0 Å². The Balaban J connectivity index is 1.24. The van der Waals surface area contributed by atoms with E-state index in [2.05, 4.69) is 53.4 Å². The van der Waals surface area contributed by atoms with E-state index in [0.717, 1.165) is 43.9 Å². The summed E-state index contributed by atoms with van der Waals surface area (Å²) >= 11 is 0. The second kappa shape index (κ2) is 8.42. The molecule has 0 aliphatic carbocycles. The zero-order valence-corrected chi connectivity index (χ0v) is 15.6. The molecule has 1 heterocycles. The van der Waals surface area contributed by atoms with Gasteiger partial charge in [-0.3, -0.25) is 0 Å². The number of hydrogen-bond donors (Lipinski definition) is 2. The largest absolute Gasteiger partial charge is 0.491 e. The molecule has 0 bridgehead atoms. The molecule has 1 fully saturated rings. The van der Waals surface area contributed by atoms with Crippen molar-refractivity contribution >= 4 is 16.5 Å². The number of hydrogen-bond acceptors (Lipinski definition) is 3. The zero-order chi connectivity index (χ0) is 18.5. The van der Waals surface area contributed by atoms with Crippen molar-refractivity contribution in [2.45, 2.75) is 6.10 Å². The van der Waals surface area contributed by atoms with Crippen molar-refractivity contribution < 1.29 is 14.7 Å². The maximum absolute atomic E-state index is 10.4. The van der Waals surface area contributed by atoms with Crippen LogP contribution in [-0.4, -0.2) is 50.5 Å². The predicted octanol–water partition coefficient (Wildman–Crippen LogP) is 1.98. The van der Waals surface area contributed by atoms with E-state index in [9.17, 15) is 5.11 Å². The summed E-state index contributed by atoms with van der Waals surface area (Å²) in [6, 6.07) is 24.9. The van der Waals surface area contributed by atoms with Crippen LogP contribution in [0.2, 0.25) is 0 Å². The van der Waals surface area contributed by atoms with Gasteiger partial charge in [0.25, 0.3) is 0 Å². The highest BCUT2D eigenvalue weighted by molar-refractivity contribution is 5.83. The van der Waals surface area contributed by atoms with Crippen LogP contribution < -0.4 is 14.5 Å². The molecule has 4 heteroatoms. The molecule has 0 radical (unpaired) electrons. The van der Waals surface area contributed by atoms with Crippen molar-refractivity contribution in [1.29, 1.82) is 0 Å². The normalized spacial score (nSPS) is 16.4. The summed E-state index contributed by atoms with van der Waals surface area (Å²) in [6.45, 7) is 5.21. The summed E-state index contributed by atoms with van der Waals surface area (Å²) in [4.78, 5) is 3.86. The lowest BCUT2D eigenvalue weighted by Gasteiger charge is -2.34. The number of para-hydroxylation sites is 1. The number of aliphatic hydroxyl groups is 1. The van der Waals surface area contributed by atoms with Gasteiger partial charge in [-0.2, -0.15) is 0 Å². The molecule has 140 valence electrons. The number of benzene rings is 3. The molecular weight excluding hydrogens is 336 g/mol. The molecule has 1 saturated heterocycles. The molecule has 3 aromatic carbocycles. The van der Waals surface area contributed by atoms with Crippen LogP contribution in [0.1, 0.15) is 0 Å². The summed E-state index contributed by atoms with van der Waals surface area (Å²) in [5, 5.41) is 12.8. The van der Waals surface area contributed by atoms with Crippen LogP contribution in [0.4, 0.5) is 5.69 Å². The lowest BCUT2D eigenvalue weighted by molar-refractivity contribution is -0.903. The minimum atomic E-state index is -0.449. The van der Waals surface area contributed by atoms with E-state index >= 15 is 0 Å². The highest BCUT2D eigenvalue weighted by Crippen LogP contribution is 2.20. The molecule has 3 aromatic rings. The summed E-state index contributed by atoms with van der Waals surface area (Å²) in [5.74, 6) is 0.816. The first kappa shape index (κ1) is 17.8. The van der Waals surface area contributed by atoms with Crippen molar-refractivity contribution in [3.8, 4) is 5.75 Å². The maximum atomic E-state index is 10.4. The van der Waals surface area contributed by atoms with Crippen LogP contribution in [0.25, 0.3) is 10.8 Å². The number of ether oxygens (including phenoxy) is 1. The first-order valence-electron chi connectivity index (χ1n) is 9.71. The van der Waals surface area contributed by atoms with E-state index in [4.69, 9.17) is 4.74 Å². The van der Waals surface area contributed by atoms with Gasteiger partial charge in [-0.05, 0) is 35.0 Å². The van der Waals surface area contributed by atoms with Gasteiger partial charge in [0, 0.05) is 5.69 Å². The molecule has 0 aromatic heterocycles. The smallest absolute Gasteiger partial charge is 0.137 e. The zero-order valence-electron chi connectivity index (χ0n) is 15.6. The SMILES string of the molecule is O[C@@H](COc1ccc2ccccc2c1)C[NH+]1CCN(c2ccccc2)CC1. The van der Waals surface area contributed by atoms with E-state index in [-0.39, 0.29) is 0 Å². The van der Waals surface area contributed by atoms with Gasteiger partial charge in [0.15, 0.2) is 0 Å². The summed E-state index contributed by atoms with van der Waals surface area (Å²) in [5.41, 5.74) is 1.29. The molecule has 0 spiro atoms. The van der Waals surface area contributed by atoms with Gasteiger partial charge < -0.3 is 19.6 Å². The van der Waals surface area contributed by atoms with E-state index in [1.165, 1.54) is 16.0 Å². The third-order valence-corrected chi connectivity index (χ3v) is 5.28. The molecule has 1 aliphatic heterocycles. The van der Waals surface area contributed by atoms with Crippen LogP contribution in [0.5, 0.6) is 5.75 Å². The number of nitrogens with one attached hydrogen (secondary N) is 1. The Morgan fingerprint density at radius 3 is 2.37 bits per heavy atom. The Labute approximate surface area is 160 Å². The molecule has 1 atom stereocenters. The minimum absolute atomic E-state index is 0.338. The number of rotatable bonds is 6. The van der Waals surface area contributed by atoms with E-state index in [1.807, 2.05) is 24.3 Å². The Hall–Kier alpha value is -2.56. The highest BCUT2D eigenvalue weighted by atomic mass is 16.5. The highest BCUT2D eigenvalue weighted by Gasteiger charge is 2.22. The van der Waals surface area contributed by atoms with E-state index < -0.39 is 6.10 Å². The topological polar surface area (TPSA) is 37.1 Å². The molecule has 4 nitrogen and oxygen atoms in total. The molecule has 0 amide bonds. The first-order chi connectivity index (χ1) is 13.3. The Morgan fingerprint density at radius 2 is 1.59 bits per heavy atom. The van der Waals surface area contributed by atoms with Crippen molar-refractivity contribution in [1.82, 2.24) is 0 Å². The first-order valence-corrected chi connectivity index (χ1v) is 9.71. The predicted molar refractivity (Wildman–Crippen MR) is 110 cm³/mol. The van der Waals surface area contributed by atoms with Crippen LogP contribution in [0.3, 0.4) is 0 Å². The lowest BCUT2D eigenvalue weighted by atomic mass is 10.1. The second-order valence-corrected chi connectivity index (χ2v) is 7.25. The monoisotopic (exact) mass is 363 g/mol. The average molecular weight is 363 g/mol. The quantitative estimate of drug-likeness (QED) is 0.703. The number of piperazine rings is 1. The summed E-state index contributed by atoms with van der Waals surface area (Å²) in [7, 11) is 0. The molecule has 0 saturated carbocycles. The summed E-state index contributed by atoms with van der Waals surface area (Å²) < 4.78 is 5.83. The molecule has 2 N–H and O–H groups in total. The van der Waals surface area contributed by atoms with Crippen LogP contribution in [0, 0.1) is 0 Å². The van der Waals surface area contributed by atoms with Crippen molar-refractivity contribution in [2.75, 3.05) is 44.2 Å². The molecule has 27 heavy (non-hydrogen) atoms. The van der Waals surface area contributed by atoms with E-state index in [0.29, 0.717) is 6.61 Å². The van der Waals surface area contributed by atoms with Crippen molar-refractivity contribution in [2.24, 2.45) is 0 Å². The maximum Gasteiger partial charge on any atom is 0.137 e. The van der Waals surface area contributed by atoms with E-state index in [1.54, 1.807) is 0 Å². The standard InChI is InChI=1S/C23H26N2O2/c26-22(18-27-23-11-10-19-6-4-5-7-20(19)16-23)17-24-12-14-25(15-13-24)21-8-2-1-3-9-21/h1-11,16,22,26H,12-15,17-18H2/p+1/t22-/m1/s1. The Morgan fingerprint density at radius 1 is 0.889 bits per heavy atom. The fourth-order valence-corrected chi connectivity index (χ4v) is 3.77. The van der Waals surface area contributed by atoms with Gasteiger partial charge in [-0.1, -0.05) is 48.5 Å². The number of aliphatic hydroxyl groups excluding tert-OH is 1. The summed E-state index contributed by atoms with van der Waals surface area (Å²) in [6.07, 6.45) is -0.449. The molecular formula is C23H27N2O2+. The average Bonchev–Trinajstić information content (AvgIpc) is 2.73. The fourth-order valence-electron chi connectivity index (χ4n) is 3.77. The molecule has 4 rings (SSSR count). The second-order valence-electron chi connectivity index (χ2n) is 7.25. The number of fused-ring (bicyclic) bond motifs is 1. The van der Waals surface area contributed by atoms with Gasteiger partial charge in [0.1, 0.15) is 25.0 Å². The van der Waals surface area contributed by atoms with Crippen molar-refractivity contribution in [3.63, 3.8) is 0 Å². The van der Waals surface area contributed by atoms with Gasteiger partial charge in [0.2, 0.25) is 0 Å². The number of anilines is 1. The lowest BCUT2D eigenvalue weighted by Crippen LogP contribution is -3.16. The molecule has 1 aliphatic rings. The number of quaternary nitrogens is 1. The minimum Gasteiger partial charge on any atom is -0.491 e. The number of nitrogens with zero attached hydrogens (tertiary/aromatic N) is 1. The molecule has 0 unspecified atom stereocenters. The Kier molecular flexibility index (Phi) is 5.56. The van der Waals surface area contributed by atoms with Crippen molar-refractivity contribution in [3.05, 3.63) is 72.8 Å². The van der Waals surface area contributed by atoms with Crippen LogP contribution in [-0.2, 0) is 0 Å². The van der Waals surface area contributed by atoms with Crippen LogP contribution >= 0.6 is 0 Å². The van der Waals surface area contributed by atoms with Gasteiger partial charge >= 0.3 is 0 Å². The Bertz CT molecular complexity index is 860. The van der Waals surface area contributed by atoms with Gasteiger partial charge in [-0.25, -0.2) is 0 Å². The third-order valence-electron chi connectivity index (χ3n) is 5.28. The third kappa shape index (κ3) is 4.59. The fraction of sp³-hybridized carbons (Fsp3) is 0.304. The van der Waals surface area contributed by atoms with Crippen LogP contribution in [0.15, 0.2) is 72.8 Å².